The molecular weight excluding hydrogens is 360 g/mol. The molecule has 0 bridgehead atoms. The van der Waals surface area contributed by atoms with Crippen molar-refractivity contribution in [1.29, 1.82) is 0 Å². The first-order valence-electron chi connectivity index (χ1n) is 5.50. The van der Waals surface area contributed by atoms with Crippen molar-refractivity contribution in [1.82, 2.24) is 0 Å². The third-order valence-corrected chi connectivity index (χ3v) is 3.24. The molecule has 0 aliphatic heterocycles. The van der Waals surface area contributed by atoms with Gasteiger partial charge in [0.15, 0.2) is 11.6 Å². The fourth-order valence-corrected chi connectivity index (χ4v) is 1.91. The number of benzene rings is 2. The van der Waals surface area contributed by atoms with Crippen molar-refractivity contribution in [2.24, 2.45) is 0 Å². The van der Waals surface area contributed by atoms with Crippen LogP contribution < -0.4 is 10.1 Å². The standard InChI is InChI=1S/C14H11FINO2/c1-19-13-7-6-11(8-12(13)15)17-14(18)9-2-4-10(16)5-3-9/h2-8H,1H3,(H,17,18). The van der Waals surface area contributed by atoms with Gasteiger partial charge in [-0.25, -0.2) is 4.39 Å². The summed E-state index contributed by atoms with van der Waals surface area (Å²) in [5.41, 5.74) is 0.915. The third-order valence-electron chi connectivity index (χ3n) is 2.52. The summed E-state index contributed by atoms with van der Waals surface area (Å²) < 4.78 is 19.3. The van der Waals surface area contributed by atoms with Gasteiger partial charge in [-0.1, -0.05) is 0 Å². The molecule has 0 saturated carbocycles. The molecule has 0 saturated heterocycles. The van der Waals surface area contributed by atoms with Crippen molar-refractivity contribution in [3.63, 3.8) is 0 Å². The molecule has 0 spiro atoms. The first-order chi connectivity index (χ1) is 9.10. The lowest BCUT2D eigenvalue weighted by atomic mass is 10.2. The third kappa shape index (κ3) is 3.44. The Bertz CT molecular complexity index is 599. The van der Waals surface area contributed by atoms with Gasteiger partial charge in [-0.05, 0) is 59.0 Å². The van der Waals surface area contributed by atoms with Crippen LogP contribution in [0.2, 0.25) is 0 Å². The van der Waals surface area contributed by atoms with Gasteiger partial charge in [0, 0.05) is 20.9 Å². The highest BCUT2D eigenvalue weighted by Crippen LogP contribution is 2.21. The van der Waals surface area contributed by atoms with E-state index in [1.807, 2.05) is 12.1 Å². The quantitative estimate of drug-likeness (QED) is 0.836. The minimum Gasteiger partial charge on any atom is -0.494 e. The fourth-order valence-electron chi connectivity index (χ4n) is 1.55. The van der Waals surface area contributed by atoms with Crippen LogP contribution in [0, 0.1) is 9.39 Å². The van der Waals surface area contributed by atoms with Gasteiger partial charge in [-0.2, -0.15) is 0 Å². The van der Waals surface area contributed by atoms with E-state index in [4.69, 9.17) is 4.74 Å². The maximum Gasteiger partial charge on any atom is 0.255 e. The predicted molar refractivity (Wildman–Crippen MR) is 80.1 cm³/mol. The summed E-state index contributed by atoms with van der Waals surface area (Å²) in [5.74, 6) is -0.642. The van der Waals surface area contributed by atoms with Gasteiger partial charge in [-0.15, -0.1) is 0 Å². The lowest BCUT2D eigenvalue weighted by Gasteiger charge is -2.07. The van der Waals surface area contributed by atoms with E-state index in [1.165, 1.54) is 19.2 Å². The van der Waals surface area contributed by atoms with E-state index < -0.39 is 5.82 Å². The molecule has 0 heterocycles. The Morgan fingerprint density at radius 2 is 1.89 bits per heavy atom. The first kappa shape index (κ1) is 13.8. The molecule has 3 nitrogen and oxygen atoms in total. The van der Waals surface area contributed by atoms with Crippen LogP contribution in [0.3, 0.4) is 0 Å². The summed E-state index contributed by atoms with van der Waals surface area (Å²) in [5, 5.41) is 2.63. The molecule has 1 N–H and O–H groups in total. The van der Waals surface area contributed by atoms with Gasteiger partial charge in [0.1, 0.15) is 0 Å². The molecule has 0 unspecified atom stereocenters. The van der Waals surface area contributed by atoms with Gasteiger partial charge in [0.25, 0.3) is 5.91 Å². The molecule has 2 rings (SSSR count). The highest BCUT2D eigenvalue weighted by molar-refractivity contribution is 14.1. The molecule has 0 aliphatic carbocycles. The summed E-state index contributed by atoms with van der Waals surface area (Å²) >= 11 is 2.16. The SMILES string of the molecule is COc1ccc(NC(=O)c2ccc(I)cc2)cc1F. The fraction of sp³-hybridized carbons (Fsp3) is 0.0714. The van der Waals surface area contributed by atoms with Crippen molar-refractivity contribution in [3.05, 3.63) is 57.4 Å². The average Bonchev–Trinajstić information content (AvgIpc) is 2.39. The number of carbonyl (C=O) groups excluding carboxylic acids is 1. The number of halogens is 2. The van der Waals surface area contributed by atoms with Crippen molar-refractivity contribution >= 4 is 34.2 Å². The Morgan fingerprint density at radius 3 is 2.47 bits per heavy atom. The van der Waals surface area contributed by atoms with Crippen LogP contribution in [0.5, 0.6) is 5.75 Å². The van der Waals surface area contributed by atoms with Gasteiger partial charge in [0.05, 0.1) is 7.11 Å². The average molecular weight is 371 g/mol. The molecule has 1 amide bonds. The zero-order valence-electron chi connectivity index (χ0n) is 10.1. The smallest absolute Gasteiger partial charge is 0.255 e. The highest BCUT2D eigenvalue weighted by Gasteiger charge is 2.08. The predicted octanol–water partition coefficient (Wildman–Crippen LogP) is 3.69. The van der Waals surface area contributed by atoms with Crippen LogP contribution in [0.4, 0.5) is 10.1 Å². The number of nitrogens with one attached hydrogen (secondary N) is 1. The van der Waals surface area contributed by atoms with Gasteiger partial charge in [0.2, 0.25) is 0 Å². The normalized spacial score (nSPS) is 10.1. The lowest BCUT2D eigenvalue weighted by Crippen LogP contribution is -2.11. The molecule has 0 aromatic heterocycles. The molecule has 2 aromatic carbocycles. The minimum atomic E-state index is -0.511. The number of methoxy groups -OCH3 is 1. The molecule has 0 radical (unpaired) electrons. The van der Waals surface area contributed by atoms with Crippen LogP contribution >= 0.6 is 22.6 Å². The largest absolute Gasteiger partial charge is 0.494 e. The topological polar surface area (TPSA) is 38.3 Å². The van der Waals surface area contributed by atoms with Crippen LogP contribution in [0.1, 0.15) is 10.4 Å². The number of anilines is 1. The summed E-state index contributed by atoms with van der Waals surface area (Å²) in [4.78, 5) is 11.9. The van der Waals surface area contributed by atoms with Crippen LogP contribution in [0.25, 0.3) is 0 Å². The Labute approximate surface area is 123 Å². The number of hydrogen-bond acceptors (Lipinski definition) is 2. The zero-order valence-corrected chi connectivity index (χ0v) is 12.3. The van der Waals surface area contributed by atoms with E-state index in [1.54, 1.807) is 18.2 Å². The van der Waals surface area contributed by atoms with E-state index in [9.17, 15) is 9.18 Å². The Balaban J connectivity index is 2.14. The maximum atomic E-state index is 13.5. The molecule has 19 heavy (non-hydrogen) atoms. The Hall–Kier alpha value is -1.63. The second-order valence-corrected chi connectivity index (χ2v) is 5.06. The van der Waals surface area contributed by atoms with E-state index >= 15 is 0 Å². The minimum absolute atomic E-state index is 0.146. The summed E-state index contributed by atoms with van der Waals surface area (Å²) in [6, 6.07) is 11.4. The molecular formula is C14H11FINO2. The second-order valence-electron chi connectivity index (χ2n) is 3.81. The Kier molecular flexibility index (Phi) is 4.36. The maximum absolute atomic E-state index is 13.5. The van der Waals surface area contributed by atoms with Crippen LogP contribution in [-0.4, -0.2) is 13.0 Å². The zero-order chi connectivity index (χ0) is 13.8. The first-order valence-corrected chi connectivity index (χ1v) is 6.58. The van der Waals surface area contributed by atoms with Gasteiger partial charge in [-0.3, -0.25) is 4.79 Å². The molecule has 0 aliphatic rings. The van der Waals surface area contributed by atoms with E-state index in [0.717, 1.165) is 3.57 Å². The highest BCUT2D eigenvalue weighted by atomic mass is 127. The number of amides is 1. The van der Waals surface area contributed by atoms with Gasteiger partial charge >= 0.3 is 0 Å². The molecule has 98 valence electrons. The molecule has 0 atom stereocenters. The van der Waals surface area contributed by atoms with Crippen molar-refractivity contribution in [2.45, 2.75) is 0 Å². The molecule has 0 fully saturated rings. The number of hydrogen-bond donors (Lipinski definition) is 1. The number of rotatable bonds is 3. The van der Waals surface area contributed by atoms with Crippen molar-refractivity contribution < 1.29 is 13.9 Å². The van der Waals surface area contributed by atoms with Crippen LogP contribution in [-0.2, 0) is 0 Å². The lowest BCUT2D eigenvalue weighted by molar-refractivity contribution is 0.102. The number of ether oxygens (including phenoxy) is 1. The van der Waals surface area contributed by atoms with Crippen molar-refractivity contribution in [3.8, 4) is 5.75 Å². The summed E-state index contributed by atoms with van der Waals surface area (Å²) in [6.07, 6.45) is 0. The molecule has 5 heteroatoms. The summed E-state index contributed by atoms with van der Waals surface area (Å²) in [7, 11) is 1.39. The Morgan fingerprint density at radius 1 is 1.21 bits per heavy atom. The van der Waals surface area contributed by atoms with Crippen LogP contribution in [0.15, 0.2) is 42.5 Å². The molecule has 2 aromatic rings. The second kappa shape index (κ2) is 6.01. The number of carbonyl (C=O) groups is 1. The monoisotopic (exact) mass is 371 g/mol. The summed E-state index contributed by atoms with van der Waals surface area (Å²) in [6.45, 7) is 0. The van der Waals surface area contributed by atoms with Crippen molar-refractivity contribution in [2.75, 3.05) is 12.4 Å². The van der Waals surface area contributed by atoms with E-state index in [2.05, 4.69) is 27.9 Å². The van der Waals surface area contributed by atoms with E-state index in [0.29, 0.717) is 11.3 Å². The van der Waals surface area contributed by atoms with E-state index in [-0.39, 0.29) is 11.7 Å². The van der Waals surface area contributed by atoms with Gasteiger partial charge < -0.3 is 10.1 Å².